The number of aliphatic imine (C=N–C) groups is 1. The van der Waals surface area contributed by atoms with E-state index in [4.69, 9.17) is 16.2 Å². The molecule has 86 valence electrons. The molecule has 0 aromatic rings. The van der Waals surface area contributed by atoms with Gasteiger partial charge in [-0.3, -0.25) is 4.79 Å². The topological polar surface area (TPSA) is 90.7 Å². The molecule has 0 rings (SSSR count). The molecule has 0 aromatic carbocycles. The molecule has 0 aliphatic heterocycles. The van der Waals surface area contributed by atoms with Gasteiger partial charge in [-0.1, -0.05) is 32.2 Å². The highest BCUT2D eigenvalue weighted by atomic mass is 32.2. The first-order valence-corrected chi connectivity index (χ1v) is 5.36. The second kappa shape index (κ2) is 7.30. The van der Waals surface area contributed by atoms with Crippen LogP contribution in [0.3, 0.4) is 0 Å². The van der Waals surface area contributed by atoms with Crippen LogP contribution in [0.15, 0.2) is 17.0 Å². The molecule has 1 atom stereocenters. The van der Waals surface area contributed by atoms with Crippen molar-refractivity contribution in [3.63, 3.8) is 0 Å². The van der Waals surface area contributed by atoms with Crippen molar-refractivity contribution < 1.29 is 9.53 Å². The fourth-order valence-corrected chi connectivity index (χ4v) is 0.949. The van der Waals surface area contributed by atoms with Crippen molar-refractivity contribution in [1.82, 2.24) is 0 Å². The second-order valence-corrected chi connectivity index (χ2v) is 4.13. The maximum absolute atomic E-state index is 11.2. The first-order chi connectivity index (χ1) is 6.99. The molecule has 6 heteroatoms. The van der Waals surface area contributed by atoms with Crippen LogP contribution in [0.25, 0.3) is 0 Å². The number of carbonyl (C=O) groups is 1. The molecule has 1 unspecified atom stereocenters. The Labute approximate surface area is 93.9 Å². The van der Waals surface area contributed by atoms with Gasteiger partial charge in [0.05, 0.1) is 0 Å². The normalized spacial score (nSPS) is 13.7. The summed E-state index contributed by atoms with van der Waals surface area (Å²) in [7, 11) is 0. The van der Waals surface area contributed by atoms with E-state index in [0.29, 0.717) is 5.17 Å². The Morgan fingerprint density at radius 1 is 1.67 bits per heavy atom. The molecule has 15 heavy (non-hydrogen) atoms. The van der Waals surface area contributed by atoms with E-state index in [1.54, 1.807) is 5.41 Å². The molecule has 4 N–H and O–H groups in total. The van der Waals surface area contributed by atoms with Gasteiger partial charge >= 0.3 is 5.97 Å². The Morgan fingerprint density at radius 2 is 2.27 bits per heavy atom. The van der Waals surface area contributed by atoms with E-state index < -0.39 is 12.0 Å². The van der Waals surface area contributed by atoms with E-state index in [-0.39, 0.29) is 12.6 Å². The Kier molecular flexibility index (Phi) is 6.81. The third kappa shape index (κ3) is 6.14. The summed E-state index contributed by atoms with van der Waals surface area (Å²) >= 11 is 1.17. The average molecular weight is 231 g/mol. The lowest BCUT2D eigenvalue weighted by Gasteiger charge is -2.13. The van der Waals surface area contributed by atoms with Gasteiger partial charge in [-0.05, 0) is 11.3 Å². The van der Waals surface area contributed by atoms with Crippen molar-refractivity contribution in [2.45, 2.75) is 19.9 Å². The van der Waals surface area contributed by atoms with Crippen molar-refractivity contribution in [1.29, 1.82) is 0 Å². The molecule has 5 nitrogen and oxygen atoms in total. The molecule has 0 heterocycles. The SMILES string of the molecule is C=CS/C(N)=N/COC(=O)C(N)C(C)C. The number of thioether (sulfide) groups is 1. The summed E-state index contributed by atoms with van der Waals surface area (Å²) in [6.45, 7) is 7.05. The minimum Gasteiger partial charge on any atom is -0.441 e. The zero-order valence-corrected chi connectivity index (χ0v) is 9.79. The zero-order chi connectivity index (χ0) is 11.8. The predicted molar refractivity (Wildman–Crippen MR) is 63.2 cm³/mol. The zero-order valence-electron chi connectivity index (χ0n) is 8.97. The van der Waals surface area contributed by atoms with E-state index in [9.17, 15) is 4.79 Å². The quantitative estimate of drug-likeness (QED) is 0.412. The summed E-state index contributed by atoms with van der Waals surface area (Å²) in [5.41, 5.74) is 11.0. The van der Waals surface area contributed by atoms with Crippen LogP contribution in [0.1, 0.15) is 13.8 Å². The van der Waals surface area contributed by atoms with Gasteiger partial charge in [0.1, 0.15) is 6.04 Å². The molecule has 0 bridgehead atoms. The lowest BCUT2D eigenvalue weighted by molar-refractivity contribution is -0.145. The van der Waals surface area contributed by atoms with Gasteiger partial charge in [-0.2, -0.15) is 0 Å². The van der Waals surface area contributed by atoms with E-state index in [0.717, 1.165) is 0 Å². The van der Waals surface area contributed by atoms with Crippen molar-refractivity contribution in [3.8, 4) is 0 Å². The fraction of sp³-hybridized carbons (Fsp3) is 0.556. The van der Waals surface area contributed by atoms with Crippen LogP contribution in [0.2, 0.25) is 0 Å². The minimum atomic E-state index is -0.617. The van der Waals surface area contributed by atoms with E-state index in [1.807, 2.05) is 13.8 Å². The summed E-state index contributed by atoms with van der Waals surface area (Å²) in [6.07, 6.45) is 0. The van der Waals surface area contributed by atoms with Crippen LogP contribution in [0.4, 0.5) is 0 Å². The number of hydrogen-bond donors (Lipinski definition) is 2. The molecular weight excluding hydrogens is 214 g/mol. The lowest BCUT2D eigenvalue weighted by Crippen LogP contribution is -2.37. The van der Waals surface area contributed by atoms with Crippen LogP contribution < -0.4 is 11.5 Å². The number of carbonyl (C=O) groups excluding carboxylic acids is 1. The van der Waals surface area contributed by atoms with Crippen molar-refractivity contribution in [2.24, 2.45) is 22.4 Å². The highest BCUT2D eigenvalue weighted by Gasteiger charge is 2.18. The van der Waals surface area contributed by atoms with Gasteiger partial charge in [-0.15, -0.1) is 0 Å². The van der Waals surface area contributed by atoms with Crippen molar-refractivity contribution in [2.75, 3.05) is 6.73 Å². The third-order valence-corrected chi connectivity index (χ3v) is 2.16. The molecule has 0 saturated heterocycles. The van der Waals surface area contributed by atoms with E-state index in [2.05, 4.69) is 11.6 Å². The molecular formula is C9H17N3O2S. The number of nitrogens with two attached hydrogens (primary N) is 2. The minimum absolute atomic E-state index is 0.0429. The average Bonchev–Trinajstić information content (AvgIpc) is 2.16. The first kappa shape index (κ1) is 14.0. The smallest absolute Gasteiger partial charge is 0.324 e. The van der Waals surface area contributed by atoms with E-state index >= 15 is 0 Å². The number of amidine groups is 1. The first-order valence-electron chi connectivity index (χ1n) is 4.48. The van der Waals surface area contributed by atoms with Crippen LogP contribution in [-0.2, 0) is 9.53 Å². The summed E-state index contributed by atoms with van der Waals surface area (Å²) in [5.74, 6) is -0.425. The molecule has 0 saturated carbocycles. The summed E-state index contributed by atoms with van der Waals surface area (Å²) in [5, 5.41) is 1.84. The third-order valence-electron chi connectivity index (χ3n) is 1.62. The van der Waals surface area contributed by atoms with Gasteiger partial charge in [0.15, 0.2) is 11.9 Å². The number of rotatable bonds is 5. The van der Waals surface area contributed by atoms with Gasteiger partial charge in [-0.25, -0.2) is 4.99 Å². The van der Waals surface area contributed by atoms with Gasteiger partial charge < -0.3 is 16.2 Å². The Morgan fingerprint density at radius 3 is 2.73 bits per heavy atom. The van der Waals surface area contributed by atoms with Gasteiger partial charge in [0.2, 0.25) is 0 Å². The summed E-state index contributed by atoms with van der Waals surface area (Å²) < 4.78 is 4.80. The Bertz CT molecular complexity index is 254. The number of ether oxygens (including phenoxy) is 1. The number of nitrogens with zero attached hydrogens (tertiary/aromatic N) is 1. The van der Waals surface area contributed by atoms with Crippen LogP contribution in [-0.4, -0.2) is 23.9 Å². The maximum Gasteiger partial charge on any atom is 0.324 e. The molecule has 0 spiro atoms. The number of hydrogen-bond acceptors (Lipinski definition) is 5. The lowest BCUT2D eigenvalue weighted by atomic mass is 10.1. The molecule has 0 aliphatic carbocycles. The van der Waals surface area contributed by atoms with Gasteiger partial charge in [0.25, 0.3) is 0 Å². The standard InChI is InChI=1S/C9H17N3O2S/c1-4-15-9(11)12-5-14-8(13)7(10)6(2)3/h4,6-7H,1,5,10H2,2-3H3,(H2,11,12). The Balaban J connectivity index is 3.91. The van der Waals surface area contributed by atoms with Crippen molar-refractivity contribution in [3.05, 3.63) is 12.0 Å². The number of esters is 1. The Hall–Kier alpha value is -1.01. The highest BCUT2D eigenvalue weighted by molar-refractivity contribution is 8.16. The summed E-state index contributed by atoms with van der Waals surface area (Å²) in [4.78, 5) is 15.0. The largest absolute Gasteiger partial charge is 0.441 e. The monoisotopic (exact) mass is 231 g/mol. The second-order valence-electron chi connectivity index (χ2n) is 3.14. The maximum atomic E-state index is 11.2. The molecule has 0 amide bonds. The van der Waals surface area contributed by atoms with E-state index in [1.165, 1.54) is 11.8 Å². The molecule has 0 aromatic heterocycles. The molecule has 0 radical (unpaired) electrons. The predicted octanol–water partition coefficient (Wildman–Crippen LogP) is 0.662. The van der Waals surface area contributed by atoms with Crippen LogP contribution in [0, 0.1) is 5.92 Å². The van der Waals surface area contributed by atoms with Crippen LogP contribution in [0.5, 0.6) is 0 Å². The molecule has 0 fully saturated rings. The fourth-order valence-electron chi connectivity index (χ4n) is 0.651. The van der Waals surface area contributed by atoms with Crippen LogP contribution >= 0.6 is 11.8 Å². The van der Waals surface area contributed by atoms with Gasteiger partial charge in [0, 0.05) is 0 Å². The van der Waals surface area contributed by atoms with Crippen molar-refractivity contribution >= 4 is 22.9 Å². The molecule has 0 aliphatic rings. The highest BCUT2D eigenvalue weighted by Crippen LogP contribution is 2.02. The summed E-state index contributed by atoms with van der Waals surface area (Å²) in [6, 6.07) is -0.617.